The van der Waals surface area contributed by atoms with Crippen molar-refractivity contribution in [2.24, 2.45) is 0 Å². The van der Waals surface area contributed by atoms with E-state index in [-0.39, 0.29) is 0 Å². The Balaban J connectivity index is 1.81. The van der Waals surface area contributed by atoms with Gasteiger partial charge in [-0.1, -0.05) is 36.4 Å². The maximum absolute atomic E-state index is 2.37. The third-order valence-corrected chi connectivity index (χ3v) is 7.10. The fraction of sp³-hybridized carbons (Fsp3) is 0. The molecule has 0 saturated heterocycles. The highest BCUT2D eigenvalue weighted by Crippen LogP contribution is 2.40. The first-order valence-electron chi connectivity index (χ1n) is 8.03. The van der Waals surface area contributed by atoms with E-state index in [2.05, 4.69) is 72.8 Å². The van der Waals surface area contributed by atoms with Gasteiger partial charge in [0.2, 0.25) is 0 Å². The van der Waals surface area contributed by atoms with Crippen molar-refractivity contribution in [3.05, 3.63) is 72.8 Å². The molecular formula is C22H12S2. The van der Waals surface area contributed by atoms with Crippen molar-refractivity contribution in [3.63, 3.8) is 0 Å². The molecule has 0 spiro atoms. The van der Waals surface area contributed by atoms with Gasteiger partial charge in [0, 0.05) is 40.3 Å². The van der Waals surface area contributed by atoms with Gasteiger partial charge in [-0.2, -0.15) is 0 Å². The van der Waals surface area contributed by atoms with Crippen LogP contribution in [-0.2, 0) is 0 Å². The smallest absolute Gasteiger partial charge is 0.0361 e. The van der Waals surface area contributed by atoms with Crippen LogP contribution in [0.25, 0.3) is 51.1 Å². The van der Waals surface area contributed by atoms with Crippen LogP contribution in [0.4, 0.5) is 0 Å². The van der Waals surface area contributed by atoms with Crippen LogP contribution in [0.5, 0.6) is 0 Å². The van der Waals surface area contributed by atoms with E-state index >= 15 is 0 Å². The highest BCUT2D eigenvalue weighted by molar-refractivity contribution is 7.26. The van der Waals surface area contributed by atoms with Crippen molar-refractivity contribution in [2.45, 2.75) is 0 Å². The lowest BCUT2D eigenvalue weighted by Gasteiger charge is -2.00. The molecule has 0 amide bonds. The Labute approximate surface area is 146 Å². The van der Waals surface area contributed by atoms with E-state index in [1.807, 2.05) is 22.7 Å². The molecule has 6 rings (SSSR count). The van der Waals surface area contributed by atoms with Crippen LogP contribution in [-0.4, -0.2) is 0 Å². The molecule has 2 heteroatoms. The summed E-state index contributed by atoms with van der Waals surface area (Å²) in [6.45, 7) is 0. The van der Waals surface area contributed by atoms with Crippen LogP contribution < -0.4 is 0 Å². The zero-order valence-corrected chi connectivity index (χ0v) is 14.4. The molecule has 0 fully saturated rings. The first-order chi connectivity index (χ1) is 11.9. The average molecular weight is 340 g/mol. The van der Waals surface area contributed by atoms with E-state index in [1.165, 1.54) is 51.1 Å². The molecule has 112 valence electrons. The number of benzene rings is 4. The van der Waals surface area contributed by atoms with E-state index in [0.29, 0.717) is 0 Å². The zero-order chi connectivity index (χ0) is 15.7. The van der Waals surface area contributed by atoms with Gasteiger partial charge in [-0.15, -0.1) is 22.7 Å². The molecule has 24 heavy (non-hydrogen) atoms. The molecule has 0 bridgehead atoms. The quantitative estimate of drug-likeness (QED) is 0.267. The lowest BCUT2D eigenvalue weighted by atomic mass is 10.0. The molecule has 6 aromatic rings. The fourth-order valence-electron chi connectivity index (χ4n) is 3.69. The molecule has 0 aliphatic carbocycles. The second-order valence-electron chi connectivity index (χ2n) is 6.24. The second kappa shape index (κ2) is 4.56. The van der Waals surface area contributed by atoms with Gasteiger partial charge in [0.25, 0.3) is 0 Å². The van der Waals surface area contributed by atoms with Crippen LogP contribution in [0.3, 0.4) is 0 Å². The molecule has 0 saturated carbocycles. The third-order valence-electron chi connectivity index (χ3n) is 4.83. The predicted molar refractivity (Wildman–Crippen MR) is 110 cm³/mol. The van der Waals surface area contributed by atoms with Gasteiger partial charge in [0.05, 0.1) is 0 Å². The topological polar surface area (TPSA) is 0 Å². The van der Waals surface area contributed by atoms with E-state index in [0.717, 1.165) is 0 Å². The molecule has 0 radical (unpaired) electrons. The molecule has 0 N–H and O–H groups in total. The minimum absolute atomic E-state index is 1.34. The Bertz CT molecular complexity index is 1290. The minimum Gasteiger partial charge on any atom is -0.135 e. The maximum Gasteiger partial charge on any atom is 0.0361 e. The summed E-state index contributed by atoms with van der Waals surface area (Å²) in [6, 6.07) is 26.9. The van der Waals surface area contributed by atoms with Crippen molar-refractivity contribution in [2.75, 3.05) is 0 Å². The summed E-state index contributed by atoms with van der Waals surface area (Å²) in [5, 5.41) is 8.17. The lowest BCUT2D eigenvalue weighted by Crippen LogP contribution is -1.74. The molecular weight excluding hydrogens is 328 g/mol. The summed E-state index contributed by atoms with van der Waals surface area (Å²) in [4.78, 5) is 0. The van der Waals surface area contributed by atoms with Gasteiger partial charge in [-0.3, -0.25) is 0 Å². The van der Waals surface area contributed by atoms with Crippen LogP contribution >= 0.6 is 22.7 Å². The van der Waals surface area contributed by atoms with Gasteiger partial charge < -0.3 is 0 Å². The molecule has 0 atom stereocenters. The summed E-state index contributed by atoms with van der Waals surface area (Å²) >= 11 is 3.78. The van der Waals surface area contributed by atoms with Crippen LogP contribution in [0.1, 0.15) is 0 Å². The van der Waals surface area contributed by atoms with Crippen LogP contribution in [0.2, 0.25) is 0 Å². The van der Waals surface area contributed by atoms with Crippen molar-refractivity contribution < 1.29 is 0 Å². The number of hydrogen-bond acceptors (Lipinski definition) is 2. The van der Waals surface area contributed by atoms with Gasteiger partial charge in [-0.05, 0) is 47.2 Å². The number of hydrogen-bond donors (Lipinski definition) is 0. The van der Waals surface area contributed by atoms with Gasteiger partial charge >= 0.3 is 0 Å². The Morgan fingerprint density at radius 3 is 1.42 bits per heavy atom. The minimum atomic E-state index is 1.34. The summed E-state index contributed by atoms with van der Waals surface area (Å²) in [7, 11) is 0. The fourth-order valence-corrected chi connectivity index (χ4v) is 5.96. The first-order valence-corrected chi connectivity index (χ1v) is 9.66. The molecule has 0 unspecified atom stereocenters. The van der Waals surface area contributed by atoms with Crippen molar-refractivity contribution >= 4 is 73.8 Å². The summed E-state index contributed by atoms with van der Waals surface area (Å²) in [5.74, 6) is 0. The van der Waals surface area contributed by atoms with Gasteiger partial charge in [0.15, 0.2) is 0 Å². The standard InChI is InChI=1S/C22H12S2/c1-3-7-19-15(5-1)17-9-13-10-18-16-6-2-4-8-20(16)24-22(18)12-14(13)11-21(17)23-19/h1-12H. The molecule has 0 aliphatic heterocycles. The summed E-state index contributed by atoms with van der Waals surface area (Å²) in [5.41, 5.74) is 0. The lowest BCUT2D eigenvalue weighted by molar-refractivity contribution is 1.86. The van der Waals surface area contributed by atoms with Crippen molar-refractivity contribution in [3.8, 4) is 0 Å². The highest BCUT2D eigenvalue weighted by Gasteiger charge is 2.09. The molecule has 4 aromatic carbocycles. The number of thiophene rings is 2. The van der Waals surface area contributed by atoms with Gasteiger partial charge in [-0.25, -0.2) is 0 Å². The highest BCUT2D eigenvalue weighted by atomic mass is 32.1. The zero-order valence-electron chi connectivity index (χ0n) is 12.7. The molecule has 0 nitrogen and oxygen atoms in total. The van der Waals surface area contributed by atoms with E-state index in [1.54, 1.807) is 0 Å². The number of rotatable bonds is 0. The molecule has 2 heterocycles. The Kier molecular flexibility index (Phi) is 2.46. The Morgan fingerprint density at radius 1 is 0.417 bits per heavy atom. The second-order valence-corrected chi connectivity index (χ2v) is 8.41. The SMILES string of the molecule is c1ccc2c(c1)sc1cc3cc4sc5ccccc5c4cc3cc12. The largest absolute Gasteiger partial charge is 0.135 e. The van der Waals surface area contributed by atoms with Gasteiger partial charge in [0.1, 0.15) is 0 Å². The molecule has 0 aliphatic rings. The monoisotopic (exact) mass is 340 g/mol. The van der Waals surface area contributed by atoms with Crippen LogP contribution in [0.15, 0.2) is 72.8 Å². The first kappa shape index (κ1) is 12.9. The summed E-state index contributed by atoms with van der Waals surface area (Å²) < 4.78 is 5.50. The van der Waals surface area contributed by atoms with Crippen LogP contribution in [0, 0.1) is 0 Å². The average Bonchev–Trinajstić information content (AvgIpc) is 3.15. The Hall–Kier alpha value is -2.42. The maximum atomic E-state index is 2.37. The molecule has 2 aromatic heterocycles. The normalized spacial score (nSPS) is 12.2. The summed E-state index contributed by atoms with van der Waals surface area (Å²) in [6.07, 6.45) is 0. The Morgan fingerprint density at radius 2 is 0.875 bits per heavy atom. The van der Waals surface area contributed by atoms with E-state index < -0.39 is 0 Å². The number of fused-ring (bicyclic) bond motifs is 7. The third kappa shape index (κ3) is 1.67. The van der Waals surface area contributed by atoms with Crippen molar-refractivity contribution in [1.29, 1.82) is 0 Å². The van der Waals surface area contributed by atoms with Crippen molar-refractivity contribution in [1.82, 2.24) is 0 Å². The predicted octanol–water partition coefficient (Wildman–Crippen LogP) is 7.58. The van der Waals surface area contributed by atoms with E-state index in [9.17, 15) is 0 Å². The van der Waals surface area contributed by atoms with E-state index in [4.69, 9.17) is 0 Å².